The van der Waals surface area contributed by atoms with Crippen LogP contribution in [-0.2, 0) is 9.59 Å². The average molecular weight is 331 g/mol. The van der Waals surface area contributed by atoms with Gasteiger partial charge in [0.2, 0.25) is 11.8 Å². The molecule has 2 amide bonds. The molecule has 5 heteroatoms. The third-order valence-corrected chi connectivity index (χ3v) is 4.58. The monoisotopic (exact) mass is 331 g/mol. The Hall–Kier alpha value is -1.88. The molecule has 1 fully saturated rings. The van der Waals surface area contributed by atoms with E-state index in [1.807, 2.05) is 56.9 Å². The second-order valence-corrected chi connectivity index (χ2v) is 6.95. The standard InChI is InChI=1S/C19H29N3O2/c1-13(2)19(24)22-11-9-16(10-12-22)20-15(4)18(23)21-17-8-6-5-7-14(17)3/h5-8,13,15-16,20H,9-12H2,1-4H3,(H,21,23)/t15-/m0/s1. The van der Waals surface area contributed by atoms with Crippen LogP contribution in [0.25, 0.3) is 0 Å². The van der Waals surface area contributed by atoms with Gasteiger partial charge >= 0.3 is 0 Å². The topological polar surface area (TPSA) is 61.4 Å². The van der Waals surface area contributed by atoms with Crippen LogP contribution < -0.4 is 10.6 Å². The van der Waals surface area contributed by atoms with Crippen LogP contribution in [0.4, 0.5) is 5.69 Å². The summed E-state index contributed by atoms with van der Waals surface area (Å²) < 4.78 is 0. The molecule has 0 radical (unpaired) electrons. The molecule has 1 aromatic rings. The number of nitrogens with one attached hydrogen (secondary N) is 2. The first kappa shape index (κ1) is 18.5. The lowest BCUT2D eigenvalue weighted by molar-refractivity contribution is -0.135. The Labute approximate surface area is 144 Å². The highest BCUT2D eigenvalue weighted by molar-refractivity contribution is 5.95. The van der Waals surface area contributed by atoms with Crippen molar-refractivity contribution in [2.45, 2.75) is 52.6 Å². The normalized spacial score (nSPS) is 17.0. The van der Waals surface area contributed by atoms with E-state index in [0.717, 1.165) is 37.2 Å². The van der Waals surface area contributed by atoms with Crippen molar-refractivity contribution in [3.8, 4) is 0 Å². The van der Waals surface area contributed by atoms with Gasteiger partial charge in [0.1, 0.15) is 0 Å². The first-order chi connectivity index (χ1) is 11.4. The van der Waals surface area contributed by atoms with Gasteiger partial charge in [0.05, 0.1) is 6.04 Å². The summed E-state index contributed by atoms with van der Waals surface area (Å²) in [6.45, 7) is 9.27. The van der Waals surface area contributed by atoms with Gasteiger partial charge < -0.3 is 15.5 Å². The molecular formula is C19H29N3O2. The molecule has 2 N–H and O–H groups in total. The Kier molecular flexibility index (Phi) is 6.37. The summed E-state index contributed by atoms with van der Waals surface area (Å²) >= 11 is 0. The fourth-order valence-electron chi connectivity index (χ4n) is 3.02. The van der Waals surface area contributed by atoms with Gasteiger partial charge in [-0.25, -0.2) is 0 Å². The summed E-state index contributed by atoms with van der Waals surface area (Å²) in [5, 5.41) is 6.37. The largest absolute Gasteiger partial charge is 0.342 e. The van der Waals surface area contributed by atoms with Gasteiger partial charge in [-0.2, -0.15) is 0 Å². The van der Waals surface area contributed by atoms with Gasteiger partial charge in [0.15, 0.2) is 0 Å². The highest BCUT2D eigenvalue weighted by Crippen LogP contribution is 2.15. The van der Waals surface area contributed by atoms with E-state index >= 15 is 0 Å². The van der Waals surface area contributed by atoms with Gasteiger partial charge in [-0.1, -0.05) is 32.0 Å². The Bertz CT molecular complexity index is 578. The number of piperidine rings is 1. The number of likely N-dealkylation sites (tertiary alicyclic amines) is 1. The van der Waals surface area contributed by atoms with Gasteiger partial charge in [0.25, 0.3) is 0 Å². The van der Waals surface area contributed by atoms with E-state index < -0.39 is 0 Å². The Morgan fingerprint density at radius 3 is 2.33 bits per heavy atom. The molecule has 1 atom stereocenters. The number of amides is 2. The molecule has 1 saturated heterocycles. The number of carbonyl (C=O) groups is 2. The molecule has 1 aliphatic heterocycles. The Balaban J connectivity index is 1.81. The fourth-order valence-corrected chi connectivity index (χ4v) is 3.02. The molecule has 1 heterocycles. The number of carbonyl (C=O) groups excluding carboxylic acids is 2. The number of hydrogen-bond donors (Lipinski definition) is 2. The Morgan fingerprint density at radius 1 is 1.12 bits per heavy atom. The van der Waals surface area contributed by atoms with Crippen LogP contribution in [0.15, 0.2) is 24.3 Å². The molecule has 0 saturated carbocycles. The molecular weight excluding hydrogens is 302 g/mol. The summed E-state index contributed by atoms with van der Waals surface area (Å²) in [7, 11) is 0. The van der Waals surface area contributed by atoms with Crippen molar-refractivity contribution in [3.05, 3.63) is 29.8 Å². The summed E-state index contributed by atoms with van der Waals surface area (Å²) in [6.07, 6.45) is 1.78. The Morgan fingerprint density at radius 2 is 1.75 bits per heavy atom. The van der Waals surface area contributed by atoms with Crippen molar-refractivity contribution in [1.29, 1.82) is 0 Å². The maximum absolute atomic E-state index is 12.4. The predicted molar refractivity (Wildman–Crippen MR) is 96.8 cm³/mol. The van der Waals surface area contributed by atoms with Gasteiger partial charge in [-0.05, 0) is 38.3 Å². The minimum absolute atomic E-state index is 0.0232. The summed E-state index contributed by atoms with van der Waals surface area (Å²) in [5.41, 5.74) is 1.91. The fraction of sp³-hybridized carbons (Fsp3) is 0.579. The number of benzene rings is 1. The molecule has 1 aromatic carbocycles. The van der Waals surface area contributed by atoms with E-state index in [-0.39, 0.29) is 29.8 Å². The number of anilines is 1. The number of para-hydroxylation sites is 1. The van der Waals surface area contributed by atoms with Crippen molar-refractivity contribution in [2.24, 2.45) is 5.92 Å². The quantitative estimate of drug-likeness (QED) is 0.872. The molecule has 2 rings (SSSR count). The van der Waals surface area contributed by atoms with Crippen molar-refractivity contribution in [3.63, 3.8) is 0 Å². The second-order valence-electron chi connectivity index (χ2n) is 6.95. The van der Waals surface area contributed by atoms with E-state index in [4.69, 9.17) is 0 Å². The number of aryl methyl sites for hydroxylation is 1. The van der Waals surface area contributed by atoms with Crippen LogP contribution in [0, 0.1) is 12.8 Å². The van der Waals surface area contributed by atoms with Crippen LogP contribution in [-0.4, -0.2) is 41.9 Å². The molecule has 0 bridgehead atoms. The van der Waals surface area contributed by atoms with Crippen molar-refractivity contribution >= 4 is 17.5 Å². The SMILES string of the molecule is Cc1ccccc1NC(=O)[C@H](C)NC1CCN(C(=O)C(C)C)CC1. The average Bonchev–Trinajstić information content (AvgIpc) is 2.56. The molecule has 24 heavy (non-hydrogen) atoms. The zero-order chi connectivity index (χ0) is 17.7. The maximum Gasteiger partial charge on any atom is 0.241 e. The zero-order valence-corrected chi connectivity index (χ0v) is 15.1. The van der Waals surface area contributed by atoms with Crippen molar-refractivity contribution in [2.75, 3.05) is 18.4 Å². The van der Waals surface area contributed by atoms with Gasteiger partial charge in [-0.3, -0.25) is 9.59 Å². The highest BCUT2D eigenvalue weighted by Gasteiger charge is 2.26. The lowest BCUT2D eigenvalue weighted by atomic mass is 10.0. The van der Waals surface area contributed by atoms with E-state index in [2.05, 4.69) is 10.6 Å². The smallest absolute Gasteiger partial charge is 0.241 e. The predicted octanol–water partition coefficient (Wildman–Crippen LogP) is 2.56. The minimum atomic E-state index is -0.262. The summed E-state index contributed by atoms with van der Waals surface area (Å²) in [6, 6.07) is 7.78. The van der Waals surface area contributed by atoms with Crippen LogP contribution in [0.3, 0.4) is 0 Å². The minimum Gasteiger partial charge on any atom is -0.342 e. The number of hydrogen-bond acceptors (Lipinski definition) is 3. The molecule has 132 valence electrons. The third kappa shape index (κ3) is 4.81. The highest BCUT2D eigenvalue weighted by atomic mass is 16.2. The maximum atomic E-state index is 12.4. The lowest BCUT2D eigenvalue weighted by Gasteiger charge is -2.34. The van der Waals surface area contributed by atoms with E-state index in [1.165, 1.54) is 0 Å². The number of rotatable bonds is 5. The van der Waals surface area contributed by atoms with Crippen LogP contribution in [0.1, 0.15) is 39.2 Å². The lowest BCUT2D eigenvalue weighted by Crippen LogP contribution is -2.50. The zero-order valence-electron chi connectivity index (χ0n) is 15.1. The van der Waals surface area contributed by atoms with Crippen molar-refractivity contribution < 1.29 is 9.59 Å². The molecule has 0 unspecified atom stereocenters. The van der Waals surface area contributed by atoms with Gasteiger partial charge in [0, 0.05) is 30.7 Å². The summed E-state index contributed by atoms with van der Waals surface area (Å²) in [4.78, 5) is 26.3. The first-order valence-corrected chi connectivity index (χ1v) is 8.79. The third-order valence-electron chi connectivity index (χ3n) is 4.58. The molecule has 1 aliphatic rings. The van der Waals surface area contributed by atoms with Gasteiger partial charge in [-0.15, -0.1) is 0 Å². The van der Waals surface area contributed by atoms with E-state index in [1.54, 1.807) is 0 Å². The number of nitrogens with zero attached hydrogens (tertiary/aromatic N) is 1. The van der Waals surface area contributed by atoms with Crippen LogP contribution in [0.2, 0.25) is 0 Å². The molecule has 0 aromatic heterocycles. The second kappa shape index (κ2) is 8.29. The molecule has 0 aliphatic carbocycles. The molecule has 5 nitrogen and oxygen atoms in total. The summed E-state index contributed by atoms with van der Waals surface area (Å²) in [5.74, 6) is 0.247. The molecule has 0 spiro atoms. The van der Waals surface area contributed by atoms with Crippen LogP contribution >= 0.6 is 0 Å². The first-order valence-electron chi connectivity index (χ1n) is 8.79. The van der Waals surface area contributed by atoms with Crippen LogP contribution in [0.5, 0.6) is 0 Å². The van der Waals surface area contributed by atoms with Crippen molar-refractivity contribution in [1.82, 2.24) is 10.2 Å². The van der Waals surface area contributed by atoms with E-state index in [0.29, 0.717) is 0 Å². The van der Waals surface area contributed by atoms with E-state index in [9.17, 15) is 9.59 Å².